The summed E-state index contributed by atoms with van der Waals surface area (Å²) in [5.41, 5.74) is 0. The molecule has 0 spiro atoms. The van der Waals surface area contributed by atoms with Crippen molar-refractivity contribution in [3.8, 4) is 0 Å². The summed E-state index contributed by atoms with van der Waals surface area (Å²) in [6.07, 6.45) is 5.53. The number of esters is 1. The molecule has 164 valence electrons. The quantitative estimate of drug-likeness (QED) is 0.370. The molecule has 0 saturated carbocycles. The van der Waals surface area contributed by atoms with Crippen LogP contribution in [0.1, 0.15) is 32.6 Å². The topological polar surface area (TPSA) is 122 Å². The van der Waals surface area contributed by atoms with E-state index in [2.05, 4.69) is 5.32 Å². The van der Waals surface area contributed by atoms with Gasteiger partial charge in [-0.1, -0.05) is 12.2 Å². The number of rotatable bonds is 6. The van der Waals surface area contributed by atoms with Gasteiger partial charge in [0.05, 0.1) is 18.4 Å². The number of hydrogen-bond donors (Lipinski definition) is 1. The van der Waals surface area contributed by atoms with Crippen molar-refractivity contribution in [1.29, 1.82) is 0 Å². The number of hydrogen-bond acceptors (Lipinski definition) is 7. The van der Waals surface area contributed by atoms with E-state index in [1.807, 2.05) is 12.2 Å². The maximum atomic E-state index is 12.3. The number of imide groups is 1. The molecule has 4 amide bonds. The first-order chi connectivity index (χ1) is 14.4. The lowest BCUT2D eigenvalue weighted by Crippen LogP contribution is -2.47. The van der Waals surface area contributed by atoms with Crippen LogP contribution in [0.15, 0.2) is 12.2 Å². The van der Waals surface area contributed by atoms with Crippen molar-refractivity contribution < 1.29 is 33.4 Å². The summed E-state index contributed by atoms with van der Waals surface area (Å²) in [4.78, 5) is 63.0. The predicted octanol–water partition coefficient (Wildman–Crippen LogP) is 0.218. The summed E-state index contributed by atoms with van der Waals surface area (Å²) in [7, 11) is 0. The first-order valence-corrected chi connectivity index (χ1v) is 10.3. The van der Waals surface area contributed by atoms with Crippen LogP contribution in [0.25, 0.3) is 0 Å². The first kappa shape index (κ1) is 21.8. The Bertz CT molecular complexity index is 717. The number of carbonyl (C=O) groups is 5. The molecule has 10 heteroatoms. The highest BCUT2D eigenvalue weighted by Crippen LogP contribution is 2.34. The van der Waals surface area contributed by atoms with E-state index < -0.39 is 36.9 Å². The van der Waals surface area contributed by atoms with Crippen LogP contribution in [-0.4, -0.2) is 78.5 Å². The lowest BCUT2D eigenvalue weighted by molar-refractivity contribution is -0.155. The van der Waals surface area contributed by atoms with Crippen LogP contribution in [0.3, 0.4) is 0 Å². The molecule has 0 radical (unpaired) electrons. The van der Waals surface area contributed by atoms with E-state index in [1.54, 1.807) is 11.8 Å². The van der Waals surface area contributed by atoms with Gasteiger partial charge < -0.3 is 19.7 Å². The number of nitrogens with one attached hydrogen (secondary N) is 1. The Morgan fingerprint density at radius 1 is 1.03 bits per heavy atom. The van der Waals surface area contributed by atoms with Gasteiger partial charge in [-0.2, -0.15) is 0 Å². The van der Waals surface area contributed by atoms with E-state index in [4.69, 9.17) is 9.47 Å². The molecule has 0 aromatic rings. The molecule has 0 bridgehead atoms. The van der Waals surface area contributed by atoms with E-state index in [1.165, 1.54) is 0 Å². The molecular formula is C20H27N3O7. The zero-order chi connectivity index (χ0) is 21.7. The fourth-order valence-electron chi connectivity index (χ4n) is 4.04. The zero-order valence-corrected chi connectivity index (χ0v) is 17.0. The first-order valence-electron chi connectivity index (χ1n) is 10.3. The lowest BCUT2D eigenvalue weighted by Gasteiger charge is -2.31. The van der Waals surface area contributed by atoms with Crippen LogP contribution < -0.4 is 5.32 Å². The molecule has 0 aromatic heterocycles. The van der Waals surface area contributed by atoms with Gasteiger partial charge in [0.15, 0.2) is 6.61 Å². The molecule has 2 atom stereocenters. The van der Waals surface area contributed by atoms with Crippen molar-refractivity contribution in [2.24, 2.45) is 11.8 Å². The maximum Gasteiger partial charge on any atom is 0.409 e. The van der Waals surface area contributed by atoms with Gasteiger partial charge in [-0.15, -0.1) is 0 Å². The second-order valence-electron chi connectivity index (χ2n) is 7.61. The minimum Gasteiger partial charge on any atom is -0.454 e. The van der Waals surface area contributed by atoms with Crippen molar-refractivity contribution >= 4 is 29.8 Å². The number of amides is 4. The molecule has 2 aliphatic heterocycles. The van der Waals surface area contributed by atoms with Crippen LogP contribution in [-0.2, 0) is 28.7 Å². The fraction of sp³-hybridized carbons (Fsp3) is 0.650. The largest absolute Gasteiger partial charge is 0.454 e. The molecule has 2 unspecified atom stereocenters. The summed E-state index contributed by atoms with van der Waals surface area (Å²) in [6.45, 7) is 2.04. The van der Waals surface area contributed by atoms with Gasteiger partial charge >= 0.3 is 12.1 Å². The number of carbonyl (C=O) groups excluding carboxylic acids is 5. The zero-order valence-electron chi connectivity index (χ0n) is 17.0. The molecule has 2 fully saturated rings. The SMILES string of the molecule is CCOC(=O)N1CCC(NC(=O)COC(=O)CN2C(=O)C3CC=CCC3C2=O)CC1. The average Bonchev–Trinajstić information content (AvgIpc) is 2.98. The van der Waals surface area contributed by atoms with E-state index in [0.29, 0.717) is 45.4 Å². The highest BCUT2D eigenvalue weighted by molar-refractivity contribution is 6.07. The van der Waals surface area contributed by atoms with Gasteiger partial charge in [0, 0.05) is 19.1 Å². The van der Waals surface area contributed by atoms with Crippen molar-refractivity contribution in [3.05, 3.63) is 12.2 Å². The van der Waals surface area contributed by atoms with Crippen LogP contribution in [0.2, 0.25) is 0 Å². The minimum atomic E-state index is -0.796. The Morgan fingerprint density at radius 2 is 1.63 bits per heavy atom. The number of ether oxygens (including phenoxy) is 2. The van der Waals surface area contributed by atoms with E-state index in [-0.39, 0.29) is 23.9 Å². The van der Waals surface area contributed by atoms with Gasteiger partial charge in [-0.3, -0.25) is 24.1 Å². The average molecular weight is 421 g/mol. The van der Waals surface area contributed by atoms with Gasteiger partial charge in [-0.05, 0) is 32.6 Å². The third-order valence-corrected chi connectivity index (χ3v) is 5.64. The second-order valence-corrected chi connectivity index (χ2v) is 7.61. The van der Waals surface area contributed by atoms with Crippen LogP contribution in [0.4, 0.5) is 4.79 Å². The molecule has 1 aliphatic carbocycles. The highest BCUT2D eigenvalue weighted by atomic mass is 16.6. The Hall–Kier alpha value is -2.91. The summed E-state index contributed by atoms with van der Waals surface area (Å²) < 4.78 is 9.90. The summed E-state index contributed by atoms with van der Waals surface area (Å²) in [6, 6.07) is -0.126. The Morgan fingerprint density at radius 3 is 2.20 bits per heavy atom. The molecule has 2 saturated heterocycles. The van der Waals surface area contributed by atoms with Gasteiger partial charge in [0.25, 0.3) is 5.91 Å². The summed E-state index contributed by atoms with van der Waals surface area (Å²) >= 11 is 0. The Labute approximate surface area is 174 Å². The van der Waals surface area contributed by atoms with Crippen molar-refractivity contribution in [1.82, 2.24) is 15.1 Å². The van der Waals surface area contributed by atoms with Crippen LogP contribution in [0.5, 0.6) is 0 Å². The molecule has 3 aliphatic rings. The normalized spacial score (nSPS) is 23.9. The summed E-state index contributed by atoms with van der Waals surface area (Å²) in [5.74, 6) is -2.78. The molecule has 3 rings (SSSR count). The summed E-state index contributed by atoms with van der Waals surface area (Å²) in [5, 5.41) is 2.77. The maximum absolute atomic E-state index is 12.3. The van der Waals surface area contributed by atoms with Crippen molar-refractivity contribution in [2.75, 3.05) is 32.8 Å². The number of piperidine rings is 1. The van der Waals surface area contributed by atoms with Crippen LogP contribution in [0, 0.1) is 11.8 Å². The van der Waals surface area contributed by atoms with Gasteiger partial charge in [-0.25, -0.2) is 4.79 Å². The lowest BCUT2D eigenvalue weighted by atomic mass is 9.85. The standard InChI is InChI=1S/C20H27N3O7/c1-2-29-20(28)22-9-7-13(8-10-22)21-16(24)12-30-17(25)11-23-18(26)14-5-3-4-6-15(14)19(23)27/h3-4,13-15H,2,5-12H2,1H3,(H,21,24). The number of nitrogens with zero attached hydrogens (tertiary/aromatic N) is 2. The molecule has 0 aromatic carbocycles. The third-order valence-electron chi connectivity index (χ3n) is 5.64. The van der Waals surface area contributed by atoms with E-state index in [9.17, 15) is 24.0 Å². The molecular weight excluding hydrogens is 394 g/mol. The molecule has 1 N–H and O–H groups in total. The Kier molecular flexibility index (Phi) is 7.07. The van der Waals surface area contributed by atoms with Crippen LogP contribution >= 0.6 is 0 Å². The monoisotopic (exact) mass is 421 g/mol. The van der Waals surface area contributed by atoms with Gasteiger partial charge in [0.2, 0.25) is 11.8 Å². The number of likely N-dealkylation sites (tertiary alicyclic amines) is 2. The molecule has 30 heavy (non-hydrogen) atoms. The highest BCUT2D eigenvalue weighted by Gasteiger charge is 2.47. The Balaban J connectivity index is 1.37. The van der Waals surface area contributed by atoms with Crippen molar-refractivity contribution in [2.45, 2.75) is 38.6 Å². The number of fused-ring (bicyclic) bond motifs is 1. The van der Waals surface area contributed by atoms with E-state index >= 15 is 0 Å². The third kappa shape index (κ3) is 4.98. The second kappa shape index (κ2) is 9.73. The minimum absolute atomic E-state index is 0.126. The molecule has 2 heterocycles. The molecule has 10 nitrogen and oxygen atoms in total. The van der Waals surface area contributed by atoms with Gasteiger partial charge in [0.1, 0.15) is 6.54 Å². The van der Waals surface area contributed by atoms with E-state index in [0.717, 1.165) is 4.90 Å². The predicted molar refractivity (Wildman–Crippen MR) is 103 cm³/mol. The fourth-order valence-corrected chi connectivity index (χ4v) is 4.04. The van der Waals surface area contributed by atoms with Crippen molar-refractivity contribution in [3.63, 3.8) is 0 Å². The smallest absolute Gasteiger partial charge is 0.409 e. The number of allylic oxidation sites excluding steroid dienone is 2.